The van der Waals surface area contributed by atoms with Crippen LogP contribution in [0, 0.1) is 17.2 Å². The van der Waals surface area contributed by atoms with E-state index in [2.05, 4.69) is 18.4 Å². The van der Waals surface area contributed by atoms with Gasteiger partial charge < -0.3 is 0 Å². The molecule has 110 valence electrons. The van der Waals surface area contributed by atoms with Crippen LogP contribution in [-0.2, 0) is 0 Å². The van der Waals surface area contributed by atoms with Gasteiger partial charge in [-0.25, -0.2) is 0 Å². The van der Waals surface area contributed by atoms with Crippen molar-refractivity contribution in [2.45, 2.75) is 77.0 Å². The van der Waals surface area contributed by atoms with Crippen molar-refractivity contribution in [3.63, 3.8) is 0 Å². The van der Waals surface area contributed by atoms with E-state index in [1.165, 1.54) is 69.1 Å². The van der Waals surface area contributed by atoms with Crippen LogP contribution in [0.15, 0.2) is 11.4 Å². The van der Waals surface area contributed by atoms with Gasteiger partial charge in [0.1, 0.15) is 6.07 Å². The summed E-state index contributed by atoms with van der Waals surface area (Å²) >= 11 is 1.78. The minimum absolute atomic E-state index is 0.717. The van der Waals surface area contributed by atoms with Gasteiger partial charge in [0.05, 0.1) is 5.56 Å². The Morgan fingerprint density at radius 1 is 1.15 bits per heavy atom. The van der Waals surface area contributed by atoms with Crippen molar-refractivity contribution in [2.75, 3.05) is 0 Å². The van der Waals surface area contributed by atoms with E-state index in [-0.39, 0.29) is 0 Å². The molecule has 1 aromatic rings. The zero-order valence-electron chi connectivity index (χ0n) is 12.7. The number of unbranched alkanes of at least 4 members (excludes halogenated alkanes) is 7. The van der Waals surface area contributed by atoms with Crippen LogP contribution in [0.25, 0.3) is 0 Å². The maximum Gasteiger partial charge on any atom is 0.100 e. The Kier molecular flexibility index (Phi) is 6.60. The minimum atomic E-state index is 0.717. The molecule has 0 aromatic carbocycles. The van der Waals surface area contributed by atoms with Crippen molar-refractivity contribution in [3.05, 3.63) is 21.9 Å². The van der Waals surface area contributed by atoms with E-state index in [0.717, 1.165) is 11.5 Å². The monoisotopic (exact) mass is 289 g/mol. The van der Waals surface area contributed by atoms with E-state index in [0.29, 0.717) is 5.92 Å². The summed E-state index contributed by atoms with van der Waals surface area (Å²) in [7, 11) is 0. The number of rotatable bonds is 10. The number of thiophene rings is 1. The molecule has 1 heterocycles. The highest BCUT2D eigenvalue weighted by molar-refractivity contribution is 7.10. The first-order valence-electron chi connectivity index (χ1n) is 8.34. The van der Waals surface area contributed by atoms with Gasteiger partial charge in [0.15, 0.2) is 0 Å². The van der Waals surface area contributed by atoms with E-state index in [9.17, 15) is 0 Å². The first-order chi connectivity index (χ1) is 9.86. The second-order valence-electron chi connectivity index (χ2n) is 6.18. The highest BCUT2D eigenvalue weighted by atomic mass is 32.1. The molecule has 2 heteroatoms. The molecule has 0 N–H and O–H groups in total. The van der Waals surface area contributed by atoms with Crippen LogP contribution >= 0.6 is 11.3 Å². The maximum atomic E-state index is 9.06. The zero-order chi connectivity index (χ0) is 14.2. The SMILES string of the molecule is CCCCCCCCCC[C@H]1C[C@@H]1c1sccc1C#N. The summed E-state index contributed by atoms with van der Waals surface area (Å²) in [5.74, 6) is 1.59. The van der Waals surface area contributed by atoms with E-state index in [1.54, 1.807) is 11.3 Å². The Balaban J connectivity index is 1.52. The molecule has 0 aliphatic heterocycles. The van der Waals surface area contributed by atoms with Crippen molar-refractivity contribution in [3.8, 4) is 6.07 Å². The molecule has 1 nitrogen and oxygen atoms in total. The molecule has 0 bridgehead atoms. The van der Waals surface area contributed by atoms with Gasteiger partial charge in [-0.2, -0.15) is 5.26 Å². The first-order valence-corrected chi connectivity index (χ1v) is 9.22. The Morgan fingerprint density at radius 2 is 1.85 bits per heavy atom. The van der Waals surface area contributed by atoms with Gasteiger partial charge in [-0.05, 0) is 36.1 Å². The van der Waals surface area contributed by atoms with Crippen LogP contribution in [0.3, 0.4) is 0 Å². The van der Waals surface area contributed by atoms with Crippen molar-refractivity contribution in [1.29, 1.82) is 5.26 Å². The summed E-state index contributed by atoms with van der Waals surface area (Å²) in [6.07, 6.45) is 14.0. The lowest BCUT2D eigenvalue weighted by Gasteiger charge is -2.02. The van der Waals surface area contributed by atoms with Gasteiger partial charge in [-0.3, -0.25) is 0 Å². The summed E-state index contributed by atoms with van der Waals surface area (Å²) in [6, 6.07) is 4.31. The molecule has 0 saturated heterocycles. The van der Waals surface area contributed by atoms with Gasteiger partial charge in [0, 0.05) is 4.88 Å². The molecule has 1 aromatic heterocycles. The zero-order valence-corrected chi connectivity index (χ0v) is 13.6. The highest BCUT2D eigenvalue weighted by Gasteiger charge is 2.39. The Hall–Kier alpha value is -0.810. The third kappa shape index (κ3) is 4.63. The second-order valence-corrected chi connectivity index (χ2v) is 7.12. The molecular weight excluding hydrogens is 262 g/mol. The average Bonchev–Trinajstić information content (AvgIpc) is 3.07. The lowest BCUT2D eigenvalue weighted by atomic mass is 10.0. The van der Waals surface area contributed by atoms with E-state index in [4.69, 9.17) is 5.26 Å². The Bertz CT molecular complexity index is 429. The molecule has 0 radical (unpaired) electrons. The molecule has 1 saturated carbocycles. The van der Waals surface area contributed by atoms with Crippen molar-refractivity contribution in [2.24, 2.45) is 5.92 Å². The van der Waals surface area contributed by atoms with Crippen molar-refractivity contribution < 1.29 is 0 Å². The van der Waals surface area contributed by atoms with Gasteiger partial charge in [0.2, 0.25) is 0 Å². The number of nitriles is 1. The van der Waals surface area contributed by atoms with Gasteiger partial charge in [-0.15, -0.1) is 11.3 Å². The smallest absolute Gasteiger partial charge is 0.100 e. The molecule has 0 spiro atoms. The first kappa shape index (κ1) is 15.6. The fourth-order valence-corrected chi connectivity index (χ4v) is 4.18. The van der Waals surface area contributed by atoms with E-state index >= 15 is 0 Å². The van der Waals surface area contributed by atoms with Crippen LogP contribution in [0.5, 0.6) is 0 Å². The van der Waals surface area contributed by atoms with Crippen LogP contribution in [0.4, 0.5) is 0 Å². The van der Waals surface area contributed by atoms with Crippen molar-refractivity contribution >= 4 is 11.3 Å². The molecule has 1 fully saturated rings. The highest BCUT2D eigenvalue weighted by Crippen LogP contribution is 2.52. The molecule has 2 rings (SSSR count). The summed E-state index contributed by atoms with van der Waals surface area (Å²) in [6.45, 7) is 2.28. The van der Waals surface area contributed by atoms with Gasteiger partial charge in [-0.1, -0.05) is 58.3 Å². The van der Waals surface area contributed by atoms with Gasteiger partial charge in [0.25, 0.3) is 0 Å². The molecule has 1 aliphatic rings. The molecular formula is C18H27NS. The molecule has 1 aliphatic carbocycles. The minimum Gasteiger partial charge on any atom is -0.192 e. The summed E-state index contributed by atoms with van der Waals surface area (Å²) < 4.78 is 0. The molecule has 0 unspecified atom stereocenters. The number of nitrogens with zero attached hydrogens (tertiary/aromatic N) is 1. The number of hydrogen-bond acceptors (Lipinski definition) is 2. The molecule has 2 atom stereocenters. The van der Waals surface area contributed by atoms with Crippen LogP contribution < -0.4 is 0 Å². The van der Waals surface area contributed by atoms with E-state index < -0.39 is 0 Å². The predicted molar refractivity (Wildman–Crippen MR) is 87.1 cm³/mol. The third-order valence-corrected chi connectivity index (χ3v) is 5.55. The fourth-order valence-electron chi connectivity index (χ4n) is 3.13. The largest absolute Gasteiger partial charge is 0.192 e. The summed E-state index contributed by atoms with van der Waals surface area (Å²) in [5.41, 5.74) is 0.929. The quantitative estimate of drug-likeness (QED) is 0.467. The summed E-state index contributed by atoms with van der Waals surface area (Å²) in [4.78, 5) is 1.36. The number of hydrogen-bond donors (Lipinski definition) is 0. The topological polar surface area (TPSA) is 23.8 Å². The third-order valence-electron chi connectivity index (χ3n) is 4.50. The standard InChI is InChI=1S/C18H27NS/c1-2-3-4-5-6-7-8-9-10-15-13-17(15)18-16(14-19)11-12-20-18/h11-12,15,17H,2-10,13H2,1H3/t15-,17-/m0/s1. The predicted octanol–water partition coefficient (Wildman–Crippen LogP) is 6.25. The summed E-state index contributed by atoms with van der Waals surface area (Å²) in [5, 5.41) is 11.1. The van der Waals surface area contributed by atoms with E-state index in [1.807, 2.05) is 6.07 Å². The van der Waals surface area contributed by atoms with Crippen LogP contribution in [0.1, 0.15) is 87.5 Å². The second kappa shape index (κ2) is 8.47. The Morgan fingerprint density at radius 3 is 2.55 bits per heavy atom. The molecule has 0 amide bonds. The Labute approximate surface area is 128 Å². The van der Waals surface area contributed by atoms with Crippen LogP contribution in [0.2, 0.25) is 0 Å². The van der Waals surface area contributed by atoms with Crippen molar-refractivity contribution in [1.82, 2.24) is 0 Å². The van der Waals surface area contributed by atoms with Gasteiger partial charge >= 0.3 is 0 Å². The van der Waals surface area contributed by atoms with Crippen LogP contribution in [-0.4, -0.2) is 0 Å². The maximum absolute atomic E-state index is 9.06. The normalized spacial score (nSPS) is 20.8. The average molecular weight is 289 g/mol. The molecule has 20 heavy (non-hydrogen) atoms. The fraction of sp³-hybridized carbons (Fsp3) is 0.722. The lowest BCUT2D eigenvalue weighted by molar-refractivity contribution is 0.548. The lowest BCUT2D eigenvalue weighted by Crippen LogP contribution is -1.85.